The highest BCUT2D eigenvalue weighted by Crippen LogP contribution is 2.24. The molecule has 0 aliphatic rings. The normalized spacial score (nSPS) is 12.0. The molecule has 7 heteroatoms. The third-order valence-electron chi connectivity index (χ3n) is 4.46. The van der Waals surface area contributed by atoms with Crippen molar-refractivity contribution in [1.29, 1.82) is 0 Å². The molecule has 0 bridgehead atoms. The molecular formula is C18H28N2O5. The van der Waals surface area contributed by atoms with Crippen LogP contribution in [0, 0.1) is 13.8 Å². The van der Waals surface area contributed by atoms with Gasteiger partial charge in [0.15, 0.2) is 5.78 Å². The van der Waals surface area contributed by atoms with Crippen molar-refractivity contribution in [2.45, 2.75) is 40.2 Å². The number of carbonyl (C=O) groups excluding carboxylic acids is 3. The zero-order valence-electron chi connectivity index (χ0n) is 16.1. The van der Waals surface area contributed by atoms with Crippen LogP contribution in [0.25, 0.3) is 0 Å². The molecule has 1 aromatic rings. The van der Waals surface area contributed by atoms with Crippen LogP contribution >= 0.6 is 0 Å². The minimum absolute atomic E-state index is 0.0716. The van der Waals surface area contributed by atoms with E-state index in [1.54, 1.807) is 32.4 Å². The van der Waals surface area contributed by atoms with Crippen molar-refractivity contribution in [1.82, 2.24) is 9.47 Å². The summed E-state index contributed by atoms with van der Waals surface area (Å²) in [4.78, 5) is 38.9. The predicted octanol–water partition coefficient (Wildman–Crippen LogP) is 1.88. The quantitative estimate of drug-likeness (QED) is 0.527. The first-order valence-corrected chi connectivity index (χ1v) is 8.29. The number of ketones is 1. The number of methoxy groups -OCH3 is 2. The lowest BCUT2D eigenvalue weighted by Gasteiger charge is -2.28. The molecule has 0 fully saturated rings. The molecule has 0 aromatic carbocycles. The van der Waals surface area contributed by atoms with Gasteiger partial charge in [0.25, 0.3) is 0 Å². The lowest BCUT2D eigenvalue weighted by atomic mass is 9.99. The lowest BCUT2D eigenvalue weighted by molar-refractivity contribution is -0.136. The number of nitrogens with zero attached hydrogens (tertiary/aromatic N) is 2. The van der Waals surface area contributed by atoms with Crippen LogP contribution in [-0.4, -0.2) is 60.5 Å². The molecule has 7 nitrogen and oxygen atoms in total. The second-order valence-electron chi connectivity index (χ2n) is 6.04. The monoisotopic (exact) mass is 352 g/mol. The minimum atomic E-state index is -0.645. The molecule has 0 aliphatic heterocycles. The van der Waals surface area contributed by atoms with E-state index in [0.717, 1.165) is 6.42 Å². The van der Waals surface area contributed by atoms with Crippen molar-refractivity contribution < 1.29 is 23.9 Å². The van der Waals surface area contributed by atoms with Crippen LogP contribution in [-0.2, 0) is 21.3 Å². The number of rotatable bonds is 8. The van der Waals surface area contributed by atoms with E-state index in [0.29, 0.717) is 29.1 Å². The van der Waals surface area contributed by atoms with Gasteiger partial charge in [0.1, 0.15) is 12.3 Å². The summed E-state index contributed by atoms with van der Waals surface area (Å²) in [6, 6.07) is -0.645. The molecule has 0 radical (unpaired) electrons. The molecule has 1 rings (SSSR count). The summed E-state index contributed by atoms with van der Waals surface area (Å²) in [5, 5.41) is 0. The minimum Gasteiger partial charge on any atom is -0.464 e. The number of esters is 1. The van der Waals surface area contributed by atoms with Gasteiger partial charge in [-0.2, -0.15) is 0 Å². The summed E-state index contributed by atoms with van der Waals surface area (Å²) in [7, 11) is 4.47. The fourth-order valence-electron chi connectivity index (χ4n) is 3.06. The number of amides is 1. The Morgan fingerprint density at radius 1 is 1.20 bits per heavy atom. The van der Waals surface area contributed by atoms with Crippen molar-refractivity contribution in [2.24, 2.45) is 7.05 Å². The molecule has 1 amide bonds. The molecule has 0 saturated heterocycles. The average Bonchev–Trinajstić information content (AvgIpc) is 2.80. The molecule has 1 heterocycles. The summed E-state index contributed by atoms with van der Waals surface area (Å²) < 4.78 is 11.4. The summed E-state index contributed by atoms with van der Waals surface area (Å²) in [6.07, 6.45) is 0.729. The van der Waals surface area contributed by atoms with Gasteiger partial charge in [-0.15, -0.1) is 0 Å². The first kappa shape index (κ1) is 20.9. The number of aromatic nitrogens is 1. The van der Waals surface area contributed by atoms with Gasteiger partial charge in [0.05, 0.1) is 13.2 Å². The number of Topliss-reactive ketones (excluding diaryl/α,β-unsaturated/α-hetero) is 1. The average molecular weight is 352 g/mol. The summed E-state index contributed by atoms with van der Waals surface area (Å²) in [5.74, 6) is -0.918. The maximum absolute atomic E-state index is 13.1. The third kappa shape index (κ3) is 4.10. The van der Waals surface area contributed by atoms with E-state index < -0.39 is 12.0 Å². The van der Waals surface area contributed by atoms with Crippen LogP contribution in [0.1, 0.15) is 52.4 Å². The van der Waals surface area contributed by atoms with Crippen LogP contribution in [0.2, 0.25) is 0 Å². The highest BCUT2D eigenvalue weighted by Gasteiger charge is 2.31. The van der Waals surface area contributed by atoms with Crippen molar-refractivity contribution in [3.05, 3.63) is 22.5 Å². The standard InChI is InChI=1S/C18H28N2O5/c1-8-9-20(14(21)10-24-6)13(4)17(22)15-11(2)16(18(23)25-7)19(5)12(15)3/h13H,8-10H2,1-7H3. The molecule has 1 aromatic heterocycles. The van der Waals surface area contributed by atoms with E-state index in [2.05, 4.69) is 0 Å². The van der Waals surface area contributed by atoms with E-state index >= 15 is 0 Å². The fraction of sp³-hybridized carbons (Fsp3) is 0.611. The van der Waals surface area contributed by atoms with Gasteiger partial charge < -0.3 is 18.9 Å². The maximum atomic E-state index is 13.1. The topological polar surface area (TPSA) is 77.8 Å². The van der Waals surface area contributed by atoms with E-state index in [-0.39, 0.29) is 18.3 Å². The molecular weight excluding hydrogens is 324 g/mol. The number of ether oxygens (including phenoxy) is 2. The van der Waals surface area contributed by atoms with Crippen molar-refractivity contribution in [3.8, 4) is 0 Å². The maximum Gasteiger partial charge on any atom is 0.354 e. The van der Waals surface area contributed by atoms with Gasteiger partial charge in [-0.25, -0.2) is 4.79 Å². The van der Waals surface area contributed by atoms with Gasteiger partial charge >= 0.3 is 5.97 Å². The Morgan fingerprint density at radius 3 is 2.28 bits per heavy atom. The summed E-state index contributed by atoms with van der Waals surface area (Å²) in [6.45, 7) is 7.54. The Kier molecular flexibility index (Phi) is 7.36. The number of hydrogen-bond acceptors (Lipinski definition) is 5. The predicted molar refractivity (Wildman–Crippen MR) is 93.9 cm³/mol. The van der Waals surface area contributed by atoms with Crippen LogP contribution in [0.15, 0.2) is 0 Å². The summed E-state index contributed by atoms with van der Waals surface area (Å²) >= 11 is 0. The highest BCUT2D eigenvalue weighted by atomic mass is 16.5. The van der Waals surface area contributed by atoms with E-state index in [1.807, 2.05) is 6.92 Å². The summed E-state index contributed by atoms with van der Waals surface area (Å²) in [5.41, 5.74) is 2.05. The largest absolute Gasteiger partial charge is 0.464 e. The Labute approximate surface area is 148 Å². The van der Waals surface area contributed by atoms with Crippen LogP contribution in [0.4, 0.5) is 0 Å². The Balaban J connectivity index is 3.29. The van der Waals surface area contributed by atoms with Gasteiger partial charge in [-0.3, -0.25) is 9.59 Å². The molecule has 1 atom stereocenters. The van der Waals surface area contributed by atoms with Gasteiger partial charge in [0.2, 0.25) is 5.91 Å². The number of hydrogen-bond donors (Lipinski definition) is 0. The van der Waals surface area contributed by atoms with E-state index in [4.69, 9.17) is 9.47 Å². The van der Waals surface area contributed by atoms with Crippen LogP contribution < -0.4 is 0 Å². The molecule has 0 spiro atoms. The Bertz CT molecular complexity index is 663. The fourth-order valence-corrected chi connectivity index (χ4v) is 3.06. The van der Waals surface area contributed by atoms with Gasteiger partial charge in [-0.05, 0) is 32.8 Å². The van der Waals surface area contributed by atoms with Crippen molar-refractivity contribution in [3.63, 3.8) is 0 Å². The molecule has 0 N–H and O–H groups in total. The molecule has 25 heavy (non-hydrogen) atoms. The van der Waals surface area contributed by atoms with E-state index in [1.165, 1.54) is 19.1 Å². The second kappa shape index (κ2) is 8.80. The van der Waals surface area contributed by atoms with Crippen molar-refractivity contribution in [2.75, 3.05) is 27.4 Å². The van der Waals surface area contributed by atoms with E-state index in [9.17, 15) is 14.4 Å². The van der Waals surface area contributed by atoms with Gasteiger partial charge in [-0.1, -0.05) is 6.92 Å². The SMILES string of the molecule is CCCN(C(=O)COC)C(C)C(=O)c1c(C)c(C(=O)OC)n(C)c1C. The van der Waals surface area contributed by atoms with Crippen LogP contribution in [0.3, 0.4) is 0 Å². The molecule has 0 aliphatic carbocycles. The first-order chi connectivity index (χ1) is 11.7. The Morgan fingerprint density at radius 2 is 1.80 bits per heavy atom. The van der Waals surface area contributed by atoms with Crippen LogP contribution in [0.5, 0.6) is 0 Å². The first-order valence-electron chi connectivity index (χ1n) is 8.29. The highest BCUT2D eigenvalue weighted by molar-refractivity contribution is 6.06. The Hall–Kier alpha value is -2.15. The third-order valence-corrected chi connectivity index (χ3v) is 4.46. The molecule has 1 unspecified atom stereocenters. The zero-order chi connectivity index (χ0) is 19.3. The van der Waals surface area contributed by atoms with Gasteiger partial charge in [0, 0.05) is 32.0 Å². The lowest BCUT2D eigenvalue weighted by Crippen LogP contribution is -2.45. The molecule has 0 saturated carbocycles. The van der Waals surface area contributed by atoms with Crippen molar-refractivity contribution >= 4 is 17.7 Å². The second-order valence-corrected chi connectivity index (χ2v) is 6.04. The molecule has 140 valence electrons. The number of carbonyl (C=O) groups is 3. The zero-order valence-corrected chi connectivity index (χ0v) is 16.1. The smallest absolute Gasteiger partial charge is 0.354 e.